The van der Waals surface area contributed by atoms with Gasteiger partial charge in [-0.25, -0.2) is 9.79 Å². The molecule has 12 heteroatoms. The minimum Gasteiger partial charge on any atom is -0.497 e. The van der Waals surface area contributed by atoms with E-state index in [1.54, 1.807) is 63.2 Å². The van der Waals surface area contributed by atoms with E-state index < -0.39 is 12.0 Å². The van der Waals surface area contributed by atoms with Crippen LogP contribution >= 0.6 is 11.3 Å². The lowest BCUT2D eigenvalue weighted by molar-refractivity contribution is -0.139. The van der Waals surface area contributed by atoms with Crippen LogP contribution < -0.4 is 43.3 Å². The van der Waals surface area contributed by atoms with Gasteiger partial charge in [0.15, 0.2) is 27.8 Å². The lowest BCUT2D eigenvalue weighted by atomic mass is 9.93. The topological polar surface area (TPSA) is 116 Å². The Morgan fingerprint density at radius 3 is 2.50 bits per heavy atom. The third-order valence-electron chi connectivity index (χ3n) is 7.94. The van der Waals surface area contributed by atoms with Gasteiger partial charge in [0, 0.05) is 5.56 Å². The van der Waals surface area contributed by atoms with E-state index in [2.05, 4.69) is 0 Å². The number of aromatic nitrogens is 1. The minimum atomic E-state index is -0.851. The number of allylic oxidation sites excluding steroid dienone is 1. The molecule has 0 fully saturated rings. The zero-order valence-corrected chi connectivity index (χ0v) is 28.2. The van der Waals surface area contributed by atoms with Crippen LogP contribution in [0.2, 0.25) is 0 Å². The number of carbonyl (C=O) groups excluding carboxylic acids is 1. The van der Waals surface area contributed by atoms with Crippen LogP contribution in [0.1, 0.15) is 49.4 Å². The molecule has 6 rings (SSSR count). The molecule has 0 amide bonds. The molecule has 1 aromatic heterocycles. The molecule has 0 unspecified atom stereocenters. The summed E-state index contributed by atoms with van der Waals surface area (Å²) in [5, 5.41) is 0. The lowest BCUT2D eigenvalue weighted by Crippen LogP contribution is -2.40. The number of fused-ring (bicyclic) bond motifs is 2. The second kappa shape index (κ2) is 14.3. The molecule has 0 bridgehead atoms. The van der Waals surface area contributed by atoms with Gasteiger partial charge in [0.05, 0.1) is 43.7 Å². The maximum Gasteiger partial charge on any atom is 0.338 e. The third kappa shape index (κ3) is 6.35. The molecule has 250 valence electrons. The number of carbonyl (C=O) groups is 1. The zero-order chi connectivity index (χ0) is 33.8. The summed E-state index contributed by atoms with van der Waals surface area (Å²) in [6.07, 6.45) is 3.04. The number of benzene rings is 3. The molecule has 0 saturated heterocycles. The Kier molecular flexibility index (Phi) is 9.72. The van der Waals surface area contributed by atoms with Gasteiger partial charge in [0.25, 0.3) is 5.56 Å². The summed E-state index contributed by atoms with van der Waals surface area (Å²) in [4.78, 5) is 33.1. The van der Waals surface area contributed by atoms with E-state index in [0.29, 0.717) is 73.7 Å². The highest BCUT2D eigenvalue weighted by Crippen LogP contribution is 2.39. The Balaban J connectivity index is 1.41. The first-order valence-electron chi connectivity index (χ1n) is 15.5. The van der Waals surface area contributed by atoms with Crippen molar-refractivity contribution in [2.75, 3.05) is 34.7 Å². The normalized spacial score (nSPS) is 15.1. The zero-order valence-electron chi connectivity index (χ0n) is 27.4. The maximum absolute atomic E-state index is 14.3. The summed E-state index contributed by atoms with van der Waals surface area (Å²) in [5.74, 6) is 2.96. The van der Waals surface area contributed by atoms with E-state index in [1.165, 1.54) is 11.3 Å². The molecule has 0 radical (unpaired) electrons. The van der Waals surface area contributed by atoms with Gasteiger partial charge in [-0.2, -0.15) is 0 Å². The molecule has 3 aromatic carbocycles. The van der Waals surface area contributed by atoms with E-state index in [-0.39, 0.29) is 19.0 Å². The third-order valence-corrected chi connectivity index (χ3v) is 8.92. The molecule has 2 aliphatic heterocycles. The Morgan fingerprint density at radius 1 is 0.958 bits per heavy atom. The minimum absolute atomic E-state index is 0.173. The fourth-order valence-electron chi connectivity index (χ4n) is 5.70. The Bertz CT molecular complexity index is 2060. The van der Waals surface area contributed by atoms with Crippen molar-refractivity contribution in [2.24, 2.45) is 4.99 Å². The summed E-state index contributed by atoms with van der Waals surface area (Å²) >= 11 is 1.25. The highest BCUT2D eigenvalue weighted by atomic mass is 32.1. The fraction of sp³-hybridized carbons (Fsp3) is 0.306. The number of hydrogen-bond donors (Lipinski definition) is 0. The van der Waals surface area contributed by atoms with Crippen LogP contribution in [0.5, 0.6) is 34.5 Å². The first-order valence-corrected chi connectivity index (χ1v) is 16.3. The standard InChI is InChI=1S/C36H36N2O9S/c1-6-8-25-32(35(40)44-7-2)33(24-18-23(41-3)11-14-26(24)42-4)38-34(39)31(48-36(38)37-25)17-21-9-12-27(29(15-21)43-5)45-19-22-10-13-28-30(16-22)47-20-46-28/h9-18,33H,6-8,19-20H2,1-5H3/b31-17-/t33-/m0/s1. The van der Waals surface area contributed by atoms with E-state index in [1.807, 2.05) is 37.3 Å². The largest absolute Gasteiger partial charge is 0.497 e. The van der Waals surface area contributed by atoms with Crippen LogP contribution in [0.15, 0.2) is 75.7 Å². The number of esters is 1. The fourth-order valence-corrected chi connectivity index (χ4v) is 6.72. The number of nitrogens with zero attached hydrogens (tertiary/aromatic N) is 2. The van der Waals surface area contributed by atoms with Crippen molar-refractivity contribution in [3.05, 3.63) is 102 Å². The van der Waals surface area contributed by atoms with Gasteiger partial charge in [-0.15, -0.1) is 0 Å². The molecule has 0 saturated carbocycles. The maximum atomic E-state index is 14.3. The number of thiazole rings is 1. The van der Waals surface area contributed by atoms with Crippen molar-refractivity contribution in [3.8, 4) is 34.5 Å². The van der Waals surface area contributed by atoms with Crippen molar-refractivity contribution in [1.29, 1.82) is 0 Å². The second-order valence-corrected chi connectivity index (χ2v) is 11.9. The predicted molar refractivity (Wildman–Crippen MR) is 179 cm³/mol. The predicted octanol–water partition coefficient (Wildman–Crippen LogP) is 4.91. The molecule has 1 atom stereocenters. The summed E-state index contributed by atoms with van der Waals surface area (Å²) in [6, 6.07) is 15.6. The van der Waals surface area contributed by atoms with Gasteiger partial charge >= 0.3 is 5.97 Å². The van der Waals surface area contributed by atoms with E-state index in [0.717, 1.165) is 17.5 Å². The molecule has 11 nitrogen and oxygen atoms in total. The summed E-state index contributed by atoms with van der Waals surface area (Å²) in [7, 11) is 4.67. The Labute approximate surface area is 281 Å². The number of rotatable bonds is 12. The van der Waals surface area contributed by atoms with Crippen LogP contribution in [-0.4, -0.2) is 45.3 Å². The molecule has 0 spiro atoms. The SMILES string of the molecule is CCCC1=C(C(=O)OCC)[C@H](c2cc(OC)ccc2OC)n2c(s/c(=C\c3ccc(OCc4ccc5c(c4)OCO5)c(OC)c3)c2=O)=N1. The number of methoxy groups -OCH3 is 3. The van der Waals surface area contributed by atoms with Gasteiger partial charge in [0.1, 0.15) is 24.1 Å². The second-order valence-electron chi connectivity index (χ2n) is 10.9. The first kappa shape index (κ1) is 32.7. The van der Waals surface area contributed by atoms with Crippen LogP contribution in [0.4, 0.5) is 0 Å². The van der Waals surface area contributed by atoms with Crippen molar-refractivity contribution in [3.63, 3.8) is 0 Å². The molecular weight excluding hydrogens is 636 g/mol. The molecule has 0 N–H and O–H groups in total. The molecule has 4 aromatic rings. The smallest absolute Gasteiger partial charge is 0.338 e. The summed E-state index contributed by atoms with van der Waals surface area (Å²) in [5.41, 5.74) is 2.79. The van der Waals surface area contributed by atoms with Crippen LogP contribution in [0, 0.1) is 0 Å². The molecule has 48 heavy (non-hydrogen) atoms. The quantitative estimate of drug-likeness (QED) is 0.194. The van der Waals surface area contributed by atoms with Gasteiger partial charge in [-0.1, -0.05) is 36.8 Å². The molecule has 0 aliphatic carbocycles. The summed E-state index contributed by atoms with van der Waals surface area (Å²) < 4.78 is 41.3. The van der Waals surface area contributed by atoms with Crippen LogP contribution in [0.3, 0.4) is 0 Å². The molecule has 2 aliphatic rings. The van der Waals surface area contributed by atoms with E-state index >= 15 is 0 Å². The van der Waals surface area contributed by atoms with Crippen LogP contribution in [-0.2, 0) is 16.1 Å². The van der Waals surface area contributed by atoms with Crippen LogP contribution in [0.25, 0.3) is 6.08 Å². The lowest BCUT2D eigenvalue weighted by Gasteiger charge is -2.27. The van der Waals surface area contributed by atoms with Crippen molar-refractivity contribution in [1.82, 2.24) is 4.57 Å². The average molecular weight is 673 g/mol. The Hall–Kier alpha value is -5.23. The Morgan fingerprint density at radius 2 is 1.75 bits per heavy atom. The highest BCUT2D eigenvalue weighted by molar-refractivity contribution is 7.07. The molecule has 3 heterocycles. The average Bonchev–Trinajstić information content (AvgIpc) is 3.70. The van der Waals surface area contributed by atoms with Gasteiger partial charge in [0.2, 0.25) is 6.79 Å². The molecular formula is C36H36N2O9S. The van der Waals surface area contributed by atoms with Gasteiger partial charge in [-0.3, -0.25) is 9.36 Å². The first-order chi connectivity index (χ1) is 23.4. The van der Waals surface area contributed by atoms with Crippen molar-refractivity contribution >= 4 is 23.4 Å². The monoisotopic (exact) mass is 672 g/mol. The van der Waals surface area contributed by atoms with Gasteiger partial charge in [-0.05, 0) is 73.0 Å². The van der Waals surface area contributed by atoms with Crippen molar-refractivity contribution in [2.45, 2.75) is 39.3 Å². The van der Waals surface area contributed by atoms with Gasteiger partial charge < -0.3 is 33.2 Å². The summed E-state index contributed by atoms with van der Waals surface area (Å²) in [6.45, 7) is 4.43. The van der Waals surface area contributed by atoms with E-state index in [4.69, 9.17) is 38.2 Å². The van der Waals surface area contributed by atoms with E-state index in [9.17, 15) is 9.59 Å². The number of hydrogen-bond acceptors (Lipinski definition) is 11. The number of ether oxygens (including phenoxy) is 7. The van der Waals surface area contributed by atoms with Crippen molar-refractivity contribution < 1.29 is 38.0 Å². The highest BCUT2D eigenvalue weighted by Gasteiger charge is 2.36.